The summed E-state index contributed by atoms with van der Waals surface area (Å²) in [6, 6.07) is 5.56. The molecule has 3 rings (SSSR count). The summed E-state index contributed by atoms with van der Waals surface area (Å²) in [4.78, 5) is 12.7. The number of aryl methyl sites for hydroxylation is 2. The molecular formula is C16H18FN5O2S. The van der Waals surface area contributed by atoms with Crippen LogP contribution in [0.3, 0.4) is 0 Å². The zero-order chi connectivity index (χ0) is 18.0. The second-order valence-corrected chi connectivity index (χ2v) is 7.04. The van der Waals surface area contributed by atoms with Gasteiger partial charge in [-0.25, -0.2) is 4.39 Å². The number of hydrogen-bond donors (Lipinski definition) is 2. The van der Waals surface area contributed by atoms with Crippen LogP contribution in [-0.2, 0) is 16.8 Å². The van der Waals surface area contributed by atoms with Crippen molar-refractivity contribution in [2.75, 3.05) is 6.54 Å². The van der Waals surface area contributed by atoms with Gasteiger partial charge < -0.3 is 10.4 Å². The number of carbonyl (C=O) groups excluding carboxylic acids is 1. The van der Waals surface area contributed by atoms with Crippen molar-refractivity contribution in [1.82, 2.24) is 25.1 Å². The van der Waals surface area contributed by atoms with Crippen LogP contribution < -0.4 is 5.32 Å². The number of fused-ring (bicyclic) bond motifs is 1. The minimum atomic E-state index is -1.27. The lowest BCUT2D eigenvalue weighted by atomic mass is 9.96. The Kier molecular flexibility index (Phi) is 4.78. The third-order valence-electron chi connectivity index (χ3n) is 3.85. The van der Waals surface area contributed by atoms with E-state index in [0.717, 1.165) is 5.01 Å². The van der Waals surface area contributed by atoms with Crippen molar-refractivity contribution in [2.24, 2.45) is 0 Å². The SMILES string of the molecule is Cc1nnc2sc(CCC(=O)NCC(C)(O)c3ccc(F)cc3)nn12. The lowest BCUT2D eigenvalue weighted by molar-refractivity contribution is -0.122. The van der Waals surface area contributed by atoms with Crippen LogP contribution in [0.25, 0.3) is 4.96 Å². The summed E-state index contributed by atoms with van der Waals surface area (Å²) in [5, 5.41) is 26.2. The summed E-state index contributed by atoms with van der Waals surface area (Å²) >= 11 is 1.40. The molecule has 25 heavy (non-hydrogen) atoms. The van der Waals surface area contributed by atoms with Crippen molar-refractivity contribution in [3.63, 3.8) is 0 Å². The summed E-state index contributed by atoms with van der Waals surface area (Å²) in [7, 11) is 0. The molecule has 0 saturated carbocycles. The van der Waals surface area contributed by atoms with Crippen molar-refractivity contribution >= 4 is 22.2 Å². The minimum Gasteiger partial charge on any atom is -0.384 e. The fourth-order valence-corrected chi connectivity index (χ4v) is 3.22. The molecule has 1 atom stereocenters. The first kappa shape index (κ1) is 17.4. The van der Waals surface area contributed by atoms with Gasteiger partial charge in [-0.2, -0.15) is 9.61 Å². The molecule has 1 amide bonds. The first-order chi connectivity index (χ1) is 11.8. The molecular weight excluding hydrogens is 345 g/mol. The third kappa shape index (κ3) is 3.99. The molecule has 0 spiro atoms. The molecule has 1 aromatic carbocycles. The molecule has 0 aliphatic carbocycles. The summed E-state index contributed by atoms with van der Waals surface area (Å²) in [6.07, 6.45) is 0.737. The number of aromatic nitrogens is 4. The van der Waals surface area contributed by atoms with E-state index in [0.29, 0.717) is 22.8 Å². The highest BCUT2D eigenvalue weighted by Crippen LogP contribution is 2.20. The molecule has 3 aromatic rings. The lowest BCUT2D eigenvalue weighted by Crippen LogP contribution is -2.38. The van der Waals surface area contributed by atoms with E-state index < -0.39 is 5.60 Å². The van der Waals surface area contributed by atoms with E-state index in [2.05, 4.69) is 20.6 Å². The molecule has 7 nitrogen and oxygen atoms in total. The predicted molar refractivity (Wildman–Crippen MR) is 90.7 cm³/mol. The molecule has 2 heterocycles. The Morgan fingerprint density at radius 1 is 1.36 bits per heavy atom. The number of nitrogens with zero attached hydrogens (tertiary/aromatic N) is 4. The van der Waals surface area contributed by atoms with E-state index in [1.165, 1.54) is 35.6 Å². The molecule has 0 bridgehead atoms. The first-order valence-electron chi connectivity index (χ1n) is 7.78. The average molecular weight is 363 g/mol. The van der Waals surface area contributed by atoms with E-state index in [1.54, 1.807) is 11.4 Å². The quantitative estimate of drug-likeness (QED) is 0.694. The monoisotopic (exact) mass is 363 g/mol. The molecule has 0 aliphatic rings. The highest BCUT2D eigenvalue weighted by molar-refractivity contribution is 7.16. The van der Waals surface area contributed by atoms with Gasteiger partial charge in [0.1, 0.15) is 16.4 Å². The number of aliphatic hydroxyl groups is 1. The van der Waals surface area contributed by atoms with E-state index in [9.17, 15) is 14.3 Å². The van der Waals surface area contributed by atoms with E-state index in [4.69, 9.17) is 0 Å². The zero-order valence-corrected chi connectivity index (χ0v) is 14.7. The van der Waals surface area contributed by atoms with Gasteiger partial charge in [0.15, 0.2) is 5.82 Å². The Morgan fingerprint density at radius 2 is 2.08 bits per heavy atom. The number of hydrogen-bond acceptors (Lipinski definition) is 6. The van der Waals surface area contributed by atoms with Crippen molar-refractivity contribution in [2.45, 2.75) is 32.3 Å². The van der Waals surface area contributed by atoms with Crippen LogP contribution in [0.2, 0.25) is 0 Å². The molecule has 0 radical (unpaired) electrons. The number of halogens is 1. The van der Waals surface area contributed by atoms with Crippen LogP contribution in [-0.4, -0.2) is 37.4 Å². The molecule has 2 aromatic heterocycles. The van der Waals surface area contributed by atoms with Gasteiger partial charge in [-0.15, -0.1) is 10.2 Å². The number of carbonyl (C=O) groups is 1. The van der Waals surface area contributed by atoms with Gasteiger partial charge in [-0.1, -0.05) is 23.5 Å². The summed E-state index contributed by atoms with van der Waals surface area (Å²) in [5.74, 6) is 0.145. The number of nitrogens with one attached hydrogen (secondary N) is 1. The molecule has 1 unspecified atom stereocenters. The normalized spacial score (nSPS) is 13.8. The van der Waals surface area contributed by atoms with Crippen molar-refractivity contribution in [3.8, 4) is 0 Å². The van der Waals surface area contributed by atoms with Crippen LogP contribution in [0.15, 0.2) is 24.3 Å². The molecule has 0 aliphatic heterocycles. The highest BCUT2D eigenvalue weighted by Gasteiger charge is 2.23. The molecule has 9 heteroatoms. The van der Waals surface area contributed by atoms with Gasteiger partial charge >= 0.3 is 0 Å². The maximum atomic E-state index is 13.0. The maximum absolute atomic E-state index is 13.0. The number of benzene rings is 1. The summed E-state index contributed by atoms with van der Waals surface area (Å²) in [5.41, 5.74) is -0.730. The van der Waals surface area contributed by atoms with Gasteiger partial charge in [0.25, 0.3) is 0 Å². The number of amides is 1. The van der Waals surface area contributed by atoms with Crippen LogP contribution >= 0.6 is 11.3 Å². The van der Waals surface area contributed by atoms with Gasteiger partial charge in [0.05, 0.1) is 6.54 Å². The number of rotatable bonds is 6. The van der Waals surface area contributed by atoms with Gasteiger partial charge in [0, 0.05) is 12.8 Å². The summed E-state index contributed by atoms with van der Waals surface area (Å²) < 4.78 is 14.6. The van der Waals surface area contributed by atoms with E-state index in [1.807, 2.05) is 6.92 Å². The second-order valence-electron chi connectivity index (χ2n) is 5.99. The molecule has 0 fully saturated rings. The minimum absolute atomic E-state index is 0.0433. The van der Waals surface area contributed by atoms with E-state index in [-0.39, 0.29) is 24.7 Å². The topological polar surface area (TPSA) is 92.4 Å². The maximum Gasteiger partial charge on any atom is 0.234 e. The largest absolute Gasteiger partial charge is 0.384 e. The highest BCUT2D eigenvalue weighted by atomic mass is 32.1. The van der Waals surface area contributed by atoms with Crippen molar-refractivity contribution < 1.29 is 14.3 Å². The van der Waals surface area contributed by atoms with Gasteiger partial charge in [-0.3, -0.25) is 4.79 Å². The smallest absolute Gasteiger partial charge is 0.234 e. The lowest BCUT2D eigenvalue weighted by Gasteiger charge is -2.24. The first-order valence-corrected chi connectivity index (χ1v) is 8.60. The fourth-order valence-electron chi connectivity index (χ4n) is 2.35. The Balaban J connectivity index is 1.52. The van der Waals surface area contributed by atoms with Crippen LogP contribution in [0, 0.1) is 12.7 Å². The van der Waals surface area contributed by atoms with Crippen LogP contribution in [0.4, 0.5) is 4.39 Å². The standard InChI is InChI=1S/C16H18FN5O2S/c1-10-19-20-15-22(10)21-14(25-15)8-7-13(23)18-9-16(2,24)11-3-5-12(17)6-4-11/h3-6,24H,7-9H2,1-2H3,(H,18,23). The van der Waals surface area contributed by atoms with E-state index >= 15 is 0 Å². The Hall–Kier alpha value is -2.39. The Labute approximate surface area is 147 Å². The Morgan fingerprint density at radius 3 is 2.76 bits per heavy atom. The zero-order valence-electron chi connectivity index (χ0n) is 13.9. The van der Waals surface area contributed by atoms with Gasteiger partial charge in [-0.05, 0) is 31.5 Å². The van der Waals surface area contributed by atoms with Crippen LogP contribution in [0.5, 0.6) is 0 Å². The second kappa shape index (κ2) is 6.85. The summed E-state index contributed by atoms with van der Waals surface area (Å²) in [6.45, 7) is 3.43. The van der Waals surface area contributed by atoms with Crippen molar-refractivity contribution in [3.05, 3.63) is 46.5 Å². The van der Waals surface area contributed by atoms with Crippen molar-refractivity contribution in [1.29, 1.82) is 0 Å². The van der Waals surface area contributed by atoms with Crippen LogP contribution in [0.1, 0.15) is 29.7 Å². The van der Waals surface area contributed by atoms with Gasteiger partial charge in [0.2, 0.25) is 10.9 Å². The predicted octanol–water partition coefficient (Wildman–Crippen LogP) is 1.59. The Bertz CT molecular complexity index is 888. The fraction of sp³-hybridized carbons (Fsp3) is 0.375. The third-order valence-corrected chi connectivity index (χ3v) is 4.81. The molecule has 132 valence electrons. The average Bonchev–Trinajstić information content (AvgIpc) is 3.13. The molecule has 0 saturated heterocycles. The molecule has 2 N–H and O–H groups in total.